The standard InChI is InChI=1S/C14H16FN3O2/c1-3-18-13(12(16)9(2)17-18)14(19)20-8-10-4-6-11(15)7-5-10/h4-7H,3,8,16H2,1-2H3. The number of nitrogen functional groups attached to an aromatic ring is 1. The molecule has 1 heterocycles. The molecule has 1 aromatic heterocycles. The van der Waals surface area contributed by atoms with Gasteiger partial charge in [0.25, 0.3) is 0 Å². The summed E-state index contributed by atoms with van der Waals surface area (Å²) in [6.45, 7) is 4.19. The second-order valence-corrected chi connectivity index (χ2v) is 4.37. The van der Waals surface area contributed by atoms with E-state index in [0.29, 0.717) is 23.5 Å². The molecule has 0 atom stereocenters. The number of halogens is 1. The first-order valence-corrected chi connectivity index (χ1v) is 6.27. The van der Waals surface area contributed by atoms with Gasteiger partial charge in [0.05, 0.1) is 11.4 Å². The Morgan fingerprint density at radius 2 is 2.05 bits per heavy atom. The van der Waals surface area contributed by atoms with Gasteiger partial charge < -0.3 is 10.5 Å². The molecule has 5 nitrogen and oxygen atoms in total. The summed E-state index contributed by atoms with van der Waals surface area (Å²) in [4.78, 5) is 12.1. The van der Waals surface area contributed by atoms with Crippen LogP contribution in [0.1, 0.15) is 28.7 Å². The van der Waals surface area contributed by atoms with Crippen LogP contribution in [0.2, 0.25) is 0 Å². The number of aromatic nitrogens is 2. The highest BCUT2D eigenvalue weighted by molar-refractivity contribution is 5.93. The maximum atomic E-state index is 12.8. The average molecular weight is 277 g/mol. The van der Waals surface area contributed by atoms with Crippen molar-refractivity contribution in [1.82, 2.24) is 9.78 Å². The first kappa shape index (κ1) is 14.0. The Balaban J connectivity index is 2.11. The van der Waals surface area contributed by atoms with E-state index in [1.54, 1.807) is 19.1 Å². The number of carbonyl (C=O) groups is 1. The van der Waals surface area contributed by atoms with E-state index in [4.69, 9.17) is 10.5 Å². The molecule has 106 valence electrons. The maximum Gasteiger partial charge on any atom is 0.359 e. The molecule has 0 unspecified atom stereocenters. The summed E-state index contributed by atoms with van der Waals surface area (Å²) >= 11 is 0. The molecule has 1 aromatic carbocycles. The molecular formula is C14H16FN3O2. The smallest absolute Gasteiger partial charge is 0.359 e. The van der Waals surface area contributed by atoms with Crippen LogP contribution in [0.15, 0.2) is 24.3 Å². The van der Waals surface area contributed by atoms with E-state index in [9.17, 15) is 9.18 Å². The molecule has 0 aliphatic heterocycles. The third-order valence-corrected chi connectivity index (χ3v) is 2.95. The minimum atomic E-state index is -0.533. The second-order valence-electron chi connectivity index (χ2n) is 4.37. The van der Waals surface area contributed by atoms with E-state index in [2.05, 4.69) is 5.10 Å². The van der Waals surface area contributed by atoms with Crippen LogP contribution >= 0.6 is 0 Å². The molecule has 2 rings (SSSR count). The van der Waals surface area contributed by atoms with Gasteiger partial charge in [-0.1, -0.05) is 12.1 Å². The lowest BCUT2D eigenvalue weighted by atomic mass is 10.2. The number of carbonyl (C=O) groups excluding carboxylic acids is 1. The molecule has 0 saturated carbocycles. The number of aryl methyl sites for hydroxylation is 2. The van der Waals surface area contributed by atoms with Crippen LogP contribution in [-0.4, -0.2) is 15.7 Å². The SMILES string of the molecule is CCn1nc(C)c(N)c1C(=O)OCc1ccc(F)cc1. The zero-order valence-electron chi connectivity index (χ0n) is 11.4. The van der Waals surface area contributed by atoms with E-state index in [0.717, 1.165) is 0 Å². The molecular weight excluding hydrogens is 261 g/mol. The van der Waals surface area contributed by atoms with Crippen molar-refractivity contribution in [2.75, 3.05) is 5.73 Å². The van der Waals surface area contributed by atoms with E-state index in [-0.39, 0.29) is 18.1 Å². The summed E-state index contributed by atoms with van der Waals surface area (Å²) in [6.07, 6.45) is 0. The molecule has 20 heavy (non-hydrogen) atoms. The first-order chi connectivity index (χ1) is 9.52. The summed E-state index contributed by atoms with van der Waals surface area (Å²) in [7, 11) is 0. The van der Waals surface area contributed by atoms with Crippen LogP contribution in [0, 0.1) is 12.7 Å². The summed E-state index contributed by atoms with van der Waals surface area (Å²) in [5.74, 6) is -0.863. The molecule has 2 aromatic rings. The number of esters is 1. The maximum absolute atomic E-state index is 12.8. The number of ether oxygens (including phenoxy) is 1. The molecule has 0 aliphatic rings. The Labute approximate surface area is 116 Å². The summed E-state index contributed by atoms with van der Waals surface area (Å²) in [5.41, 5.74) is 7.73. The van der Waals surface area contributed by atoms with Crippen LogP contribution < -0.4 is 5.73 Å². The molecule has 0 radical (unpaired) electrons. The summed E-state index contributed by atoms with van der Waals surface area (Å²) < 4.78 is 19.5. The second kappa shape index (κ2) is 5.73. The minimum Gasteiger partial charge on any atom is -0.456 e. The van der Waals surface area contributed by atoms with Gasteiger partial charge in [0.1, 0.15) is 12.4 Å². The van der Waals surface area contributed by atoms with Gasteiger partial charge in [0.15, 0.2) is 5.69 Å². The number of hydrogen-bond donors (Lipinski definition) is 1. The lowest BCUT2D eigenvalue weighted by molar-refractivity contribution is 0.0459. The number of rotatable bonds is 4. The summed E-state index contributed by atoms with van der Waals surface area (Å²) in [6, 6.07) is 5.76. The molecule has 0 spiro atoms. The Kier molecular flexibility index (Phi) is 4.02. The van der Waals surface area contributed by atoms with Gasteiger partial charge in [-0.25, -0.2) is 9.18 Å². The van der Waals surface area contributed by atoms with Crippen molar-refractivity contribution in [3.8, 4) is 0 Å². The Morgan fingerprint density at radius 1 is 1.40 bits per heavy atom. The lowest BCUT2D eigenvalue weighted by Crippen LogP contribution is -2.14. The normalized spacial score (nSPS) is 10.6. The van der Waals surface area contributed by atoms with Crippen molar-refractivity contribution in [3.05, 3.63) is 47.0 Å². The fourth-order valence-electron chi connectivity index (χ4n) is 1.84. The largest absolute Gasteiger partial charge is 0.456 e. The van der Waals surface area contributed by atoms with E-state index >= 15 is 0 Å². The lowest BCUT2D eigenvalue weighted by Gasteiger charge is -2.07. The van der Waals surface area contributed by atoms with Crippen LogP contribution in [0.3, 0.4) is 0 Å². The molecule has 2 N–H and O–H groups in total. The van der Waals surface area contributed by atoms with E-state index in [1.807, 2.05) is 6.92 Å². The van der Waals surface area contributed by atoms with Crippen molar-refractivity contribution in [1.29, 1.82) is 0 Å². The van der Waals surface area contributed by atoms with Crippen molar-refractivity contribution < 1.29 is 13.9 Å². The molecule has 0 amide bonds. The number of benzene rings is 1. The number of nitrogens with two attached hydrogens (primary N) is 1. The Morgan fingerprint density at radius 3 is 2.65 bits per heavy atom. The highest BCUT2D eigenvalue weighted by Crippen LogP contribution is 2.18. The third-order valence-electron chi connectivity index (χ3n) is 2.95. The fourth-order valence-corrected chi connectivity index (χ4v) is 1.84. The third kappa shape index (κ3) is 2.79. The predicted molar refractivity (Wildman–Crippen MR) is 72.6 cm³/mol. The number of anilines is 1. The summed E-state index contributed by atoms with van der Waals surface area (Å²) in [5, 5.41) is 4.16. The van der Waals surface area contributed by atoms with E-state index < -0.39 is 5.97 Å². The van der Waals surface area contributed by atoms with Crippen LogP contribution in [-0.2, 0) is 17.9 Å². The fraction of sp³-hybridized carbons (Fsp3) is 0.286. The van der Waals surface area contributed by atoms with Gasteiger partial charge in [-0.15, -0.1) is 0 Å². The predicted octanol–water partition coefficient (Wildman–Crippen LogP) is 2.29. The highest BCUT2D eigenvalue weighted by atomic mass is 19.1. The molecule has 0 saturated heterocycles. The van der Waals surface area contributed by atoms with Gasteiger partial charge in [-0.3, -0.25) is 4.68 Å². The zero-order chi connectivity index (χ0) is 14.7. The van der Waals surface area contributed by atoms with Crippen LogP contribution in [0.5, 0.6) is 0 Å². The topological polar surface area (TPSA) is 70.1 Å². The number of hydrogen-bond acceptors (Lipinski definition) is 4. The first-order valence-electron chi connectivity index (χ1n) is 6.27. The quantitative estimate of drug-likeness (QED) is 0.870. The monoisotopic (exact) mass is 277 g/mol. The van der Waals surface area contributed by atoms with Gasteiger partial charge in [-0.05, 0) is 31.5 Å². The highest BCUT2D eigenvalue weighted by Gasteiger charge is 2.20. The van der Waals surface area contributed by atoms with Crippen LogP contribution in [0.25, 0.3) is 0 Å². The van der Waals surface area contributed by atoms with Gasteiger partial charge in [0.2, 0.25) is 0 Å². The van der Waals surface area contributed by atoms with Crippen LogP contribution in [0.4, 0.5) is 10.1 Å². The van der Waals surface area contributed by atoms with Gasteiger partial charge in [0, 0.05) is 6.54 Å². The molecule has 0 fully saturated rings. The zero-order valence-corrected chi connectivity index (χ0v) is 11.4. The average Bonchev–Trinajstić information content (AvgIpc) is 2.73. The molecule has 6 heteroatoms. The Bertz CT molecular complexity index is 620. The minimum absolute atomic E-state index is 0.0620. The number of nitrogens with zero attached hydrogens (tertiary/aromatic N) is 2. The van der Waals surface area contributed by atoms with Crippen molar-refractivity contribution >= 4 is 11.7 Å². The van der Waals surface area contributed by atoms with Crippen molar-refractivity contribution in [2.45, 2.75) is 27.0 Å². The van der Waals surface area contributed by atoms with Crippen molar-refractivity contribution in [3.63, 3.8) is 0 Å². The molecule has 0 aliphatic carbocycles. The van der Waals surface area contributed by atoms with Gasteiger partial charge in [-0.2, -0.15) is 5.10 Å². The van der Waals surface area contributed by atoms with Crippen molar-refractivity contribution in [2.24, 2.45) is 0 Å². The van der Waals surface area contributed by atoms with Gasteiger partial charge >= 0.3 is 5.97 Å². The Hall–Kier alpha value is -2.37. The van der Waals surface area contributed by atoms with E-state index in [1.165, 1.54) is 16.8 Å². The molecule has 0 bridgehead atoms.